The van der Waals surface area contributed by atoms with Gasteiger partial charge in [-0.25, -0.2) is 19.0 Å². The molecule has 1 amide bonds. The second-order valence-corrected chi connectivity index (χ2v) is 10.8. The Labute approximate surface area is 215 Å². The van der Waals surface area contributed by atoms with Crippen LogP contribution in [0.1, 0.15) is 24.5 Å². The average Bonchev–Trinajstić information content (AvgIpc) is 3.25. The summed E-state index contributed by atoms with van der Waals surface area (Å²) < 4.78 is 24.3. The van der Waals surface area contributed by atoms with Crippen LogP contribution in [0, 0.1) is 5.41 Å². The van der Waals surface area contributed by atoms with Crippen LogP contribution in [0.15, 0.2) is 83.4 Å². The summed E-state index contributed by atoms with van der Waals surface area (Å²) in [5.41, 5.74) is 14.4. The van der Waals surface area contributed by atoms with Crippen molar-refractivity contribution < 1.29 is 13.2 Å². The first-order valence-corrected chi connectivity index (χ1v) is 13.4. The summed E-state index contributed by atoms with van der Waals surface area (Å²) in [4.78, 5) is 14.9. The van der Waals surface area contributed by atoms with Crippen molar-refractivity contribution in [1.82, 2.24) is 5.43 Å². The number of amides is 1. The second kappa shape index (κ2) is 9.47. The van der Waals surface area contributed by atoms with Crippen LogP contribution < -0.4 is 26.2 Å². The fourth-order valence-electron chi connectivity index (χ4n) is 4.88. The van der Waals surface area contributed by atoms with Crippen LogP contribution in [0.4, 0.5) is 11.4 Å². The Morgan fingerprint density at radius 1 is 1.08 bits per heavy atom. The number of nitrogen functional groups attached to an aromatic ring is 1. The van der Waals surface area contributed by atoms with Gasteiger partial charge in [0.05, 0.1) is 22.8 Å². The fourth-order valence-corrected chi connectivity index (χ4v) is 5.64. The van der Waals surface area contributed by atoms with Crippen molar-refractivity contribution in [3.05, 3.63) is 89.6 Å². The highest BCUT2D eigenvalue weighted by atomic mass is 32.2. The van der Waals surface area contributed by atoms with Gasteiger partial charge in [-0.2, -0.15) is 0 Å². The minimum atomic E-state index is -3.89. The molecule has 0 saturated carbocycles. The van der Waals surface area contributed by atoms with Crippen molar-refractivity contribution in [3.63, 3.8) is 0 Å². The van der Waals surface area contributed by atoms with E-state index in [2.05, 4.69) is 11.5 Å². The van der Waals surface area contributed by atoms with Gasteiger partial charge in [0.25, 0.3) is 0 Å². The third-order valence-electron chi connectivity index (χ3n) is 6.58. The first-order chi connectivity index (χ1) is 17.6. The van der Waals surface area contributed by atoms with Crippen LogP contribution in [0.25, 0.3) is 11.1 Å². The molecule has 0 bridgehead atoms. The molecule has 37 heavy (non-hydrogen) atoms. The van der Waals surface area contributed by atoms with Gasteiger partial charge >= 0.3 is 0 Å². The third kappa shape index (κ3) is 4.86. The lowest BCUT2D eigenvalue weighted by Crippen LogP contribution is -2.42. The number of hydrogen-bond acceptors (Lipinski definition) is 6. The van der Waals surface area contributed by atoms with Gasteiger partial charge < -0.3 is 10.6 Å². The van der Waals surface area contributed by atoms with Gasteiger partial charge in [0, 0.05) is 29.3 Å². The molecular weight excluding hydrogens is 488 g/mol. The summed E-state index contributed by atoms with van der Waals surface area (Å²) in [6.45, 7) is 2.37. The van der Waals surface area contributed by atoms with Crippen molar-refractivity contribution >= 4 is 33.1 Å². The summed E-state index contributed by atoms with van der Waals surface area (Å²) in [6.07, 6.45) is 2.98. The fraction of sp³-hybridized carbons (Fsp3) is 0.185. The highest BCUT2D eigenvalue weighted by Crippen LogP contribution is 2.35. The van der Waals surface area contributed by atoms with E-state index >= 15 is 0 Å². The van der Waals surface area contributed by atoms with Gasteiger partial charge in [0.1, 0.15) is 5.84 Å². The molecule has 3 aromatic carbocycles. The Morgan fingerprint density at radius 3 is 2.62 bits per heavy atom. The molecule has 2 aliphatic rings. The van der Waals surface area contributed by atoms with Gasteiger partial charge in [-0.05, 0) is 60.9 Å². The molecular formula is C27H28N6O3S. The Balaban J connectivity index is 1.48. The number of amidine groups is 1. The molecule has 0 aromatic heterocycles. The lowest BCUT2D eigenvalue weighted by molar-refractivity contribution is -0.118. The quantitative estimate of drug-likeness (QED) is 0.293. The molecule has 1 atom stereocenters. The SMILES string of the molecule is CC1C=C(CN2C(=O)CCc3cc(-c4ccccc4S(N)(=O)=O)ccc32)N(c2cccc(C(=N)N)c2)N1. The summed E-state index contributed by atoms with van der Waals surface area (Å²) in [6, 6.07) is 19.7. The summed E-state index contributed by atoms with van der Waals surface area (Å²) >= 11 is 0. The molecule has 190 valence electrons. The van der Waals surface area contributed by atoms with Crippen LogP contribution in [0.5, 0.6) is 0 Å². The Bertz CT molecular complexity index is 1550. The zero-order valence-corrected chi connectivity index (χ0v) is 21.1. The first kappa shape index (κ1) is 24.7. The van der Waals surface area contributed by atoms with Gasteiger partial charge in [-0.1, -0.05) is 36.4 Å². The number of hydrazine groups is 1. The third-order valence-corrected chi connectivity index (χ3v) is 7.55. The summed E-state index contributed by atoms with van der Waals surface area (Å²) in [5.74, 6) is 0.00245. The second-order valence-electron chi connectivity index (χ2n) is 9.24. The molecule has 0 aliphatic carbocycles. The van der Waals surface area contributed by atoms with Crippen molar-refractivity contribution in [2.45, 2.75) is 30.7 Å². The van der Waals surface area contributed by atoms with E-state index in [9.17, 15) is 13.2 Å². The molecule has 9 nitrogen and oxygen atoms in total. The maximum atomic E-state index is 13.1. The maximum absolute atomic E-state index is 13.1. The van der Waals surface area contributed by atoms with E-state index in [4.69, 9.17) is 16.3 Å². The number of sulfonamides is 1. The number of primary sulfonamides is 1. The predicted molar refractivity (Wildman–Crippen MR) is 145 cm³/mol. The zero-order valence-electron chi connectivity index (χ0n) is 20.3. The van der Waals surface area contributed by atoms with Gasteiger partial charge in [0.2, 0.25) is 15.9 Å². The molecule has 2 aliphatic heterocycles. The molecule has 0 radical (unpaired) electrons. The van der Waals surface area contributed by atoms with Gasteiger partial charge in [-0.15, -0.1) is 0 Å². The Morgan fingerprint density at radius 2 is 1.86 bits per heavy atom. The molecule has 5 rings (SSSR count). The summed E-state index contributed by atoms with van der Waals surface area (Å²) in [5, 5.41) is 15.1. The lowest BCUT2D eigenvalue weighted by Gasteiger charge is -2.33. The smallest absolute Gasteiger partial charge is 0.238 e. The maximum Gasteiger partial charge on any atom is 0.238 e. The molecule has 2 heterocycles. The molecule has 6 N–H and O–H groups in total. The highest BCUT2D eigenvalue weighted by Gasteiger charge is 2.30. The van der Waals surface area contributed by atoms with E-state index in [1.807, 2.05) is 48.3 Å². The summed E-state index contributed by atoms with van der Waals surface area (Å²) in [7, 11) is -3.89. The van der Waals surface area contributed by atoms with Crippen LogP contribution >= 0.6 is 0 Å². The van der Waals surface area contributed by atoms with Crippen molar-refractivity contribution in [2.24, 2.45) is 10.9 Å². The number of nitrogens with two attached hydrogens (primary N) is 2. The zero-order chi connectivity index (χ0) is 26.3. The minimum Gasteiger partial charge on any atom is -0.384 e. The van der Waals surface area contributed by atoms with Gasteiger partial charge in [0.15, 0.2) is 0 Å². The first-order valence-electron chi connectivity index (χ1n) is 11.9. The number of carbonyl (C=O) groups is 1. The van der Waals surface area contributed by atoms with Crippen LogP contribution in [0.3, 0.4) is 0 Å². The molecule has 0 saturated heterocycles. The number of aryl methyl sites for hydroxylation is 1. The van der Waals surface area contributed by atoms with E-state index in [1.165, 1.54) is 6.07 Å². The van der Waals surface area contributed by atoms with E-state index in [-0.39, 0.29) is 22.7 Å². The number of nitrogens with one attached hydrogen (secondary N) is 2. The largest absolute Gasteiger partial charge is 0.384 e. The number of rotatable bonds is 6. The standard InChI is InChI=1S/C27H28N6O3S/c1-17-13-22(33(31-17)21-6-4-5-20(15-21)27(28)29)16-32-24-11-9-18(14-19(24)10-12-26(32)34)23-7-2-3-8-25(23)37(30,35)36/h2-9,11,13-15,17,31H,10,12,16H2,1H3,(H3,28,29)(H2,30,35,36). The molecule has 0 spiro atoms. The number of fused-ring (bicyclic) bond motifs is 1. The van der Waals surface area contributed by atoms with E-state index in [1.54, 1.807) is 29.2 Å². The predicted octanol–water partition coefficient (Wildman–Crippen LogP) is 2.86. The van der Waals surface area contributed by atoms with Crippen LogP contribution in [-0.4, -0.2) is 32.7 Å². The van der Waals surface area contributed by atoms with E-state index < -0.39 is 10.0 Å². The Hall–Kier alpha value is -3.99. The van der Waals surface area contributed by atoms with Crippen molar-refractivity contribution in [1.29, 1.82) is 5.41 Å². The number of carbonyl (C=O) groups excluding carboxylic acids is 1. The molecule has 1 unspecified atom stereocenters. The number of benzene rings is 3. The number of hydrogen-bond donors (Lipinski definition) is 4. The monoisotopic (exact) mass is 516 g/mol. The highest BCUT2D eigenvalue weighted by molar-refractivity contribution is 7.89. The average molecular weight is 517 g/mol. The molecule has 3 aromatic rings. The van der Waals surface area contributed by atoms with Crippen LogP contribution in [-0.2, 0) is 21.2 Å². The Kier molecular flexibility index (Phi) is 6.32. The molecule has 10 heteroatoms. The topological polar surface area (TPSA) is 146 Å². The molecule has 0 fully saturated rings. The van der Waals surface area contributed by atoms with E-state index in [0.717, 1.165) is 28.2 Å². The van der Waals surface area contributed by atoms with Crippen LogP contribution in [0.2, 0.25) is 0 Å². The normalized spacial score (nSPS) is 17.5. The van der Waals surface area contributed by atoms with Crippen molar-refractivity contribution in [3.8, 4) is 11.1 Å². The van der Waals surface area contributed by atoms with E-state index in [0.29, 0.717) is 30.5 Å². The minimum absolute atomic E-state index is 0.0143. The lowest BCUT2D eigenvalue weighted by atomic mass is 9.95. The van der Waals surface area contributed by atoms with Crippen molar-refractivity contribution in [2.75, 3.05) is 16.5 Å². The number of anilines is 2. The van der Waals surface area contributed by atoms with Gasteiger partial charge in [-0.3, -0.25) is 15.2 Å². The number of nitrogens with zero attached hydrogens (tertiary/aromatic N) is 2.